The first-order valence-corrected chi connectivity index (χ1v) is 28.3. The lowest BCUT2D eigenvalue weighted by Crippen LogP contribution is -2.30. The Hall–Kier alpha value is -5.49. The number of rotatable bonds is 48. The number of esters is 3. The van der Waals surface area contributed by atoms with Crippen LogP contribution < -0.4 is 0 Å². The normalized spacial score (nSPS) is 13.5. The van der Waals surface area contributed by atoms with Crippen molar-refractivity contribution in [2.45, 2.75) is 207 Å². The Labute approximate surface area is 446 Å². The van der Waals surface area contributed by atoms with Crippen LogP contribution in [0.3, 0.4) is 0 Å². The van der Waals surface area contributed by atoms with Crippen LogP contribution in [0.15, 0.2) is 182 Å². The highest BCUT2D eigenvalue weighted by atomic mass is 16.6. The average Bonchev–Trinajstić information content (AvgIpc) is 3.39. The number of hydrogen-bond donors (Lipinski definition) is 0. The molecule has 404 valence electrons. The molecule has 0 fully saturated rings. The van der Waals surface area contributed by atoms with Gasteiger partial charge in [-0.2, -0.15) is 0 Å². The summed E-state index contributed by atoms with van der Waals surface area (Å²) in [6.07, 6.45) is 89.1. The summed E-state index contributed by atoms with van der Waals surface area (Å²) in [5.74, 6) is -1.20. The molecule has 0 aromatic carbocycles. The summed E-state index contributed by atoms with van der Waals surface area (Å²) in [7, 11) is 0. The lowest BCUT2D eigenvalue weighted by atomic mass is 10.2. The fourth-order valence-electron chi connectivity index (χ4n) is 6.68. The lowest BCUT2D eigenvalue weighted by Gasteiger charge is -2.18. The van der Waals surface area contributed by atoms with Crippen LogP contribution in [0.5, 0.6) is 0 Å². The van der Waals surface area contributed by atoms with E-state index in [0.717, 1.165) is 89.9 Å². The minimum atomic E-state index is -0.882. The Morgan fingerprint density at radius 1 is 0.288 bits per heavy atom. The maximum atomic E-state index is 12.8. The van der Waals surface area contributed by atoms with Crippen molar-refractivity contribution in [3.63, 3.8) is 0 Å². The van der Waals surface area contributed by atoms with Gasteiger partial charge in [-0.15, -0.1) is 0 Å². The third kappa shape index (κ3) is 57.3. The quantitative estimate of drug-likeness (QED) is 0.0262. The van der Waals surface area contributed by atoms with Gasteiger partial charge in [0.25, 0.3) is 0 Å². The van der Waals surface area contributed by atoms with Crippen molar-refractivity contribution in [1.29, 1.82) is 0 Å². The maximum absolute atomic E-state index is 12.8. The van der Waals surface area contributed by atoms with Crippen LogP contribution in [0.4, 0.5) is 0 Å². The first-order chi connectivity index (χ1) is 36.0. The highest BCUT2D eigenvalue weighted by Crippen LogP contribution is 2.08. The van der Waals surface area contributed by atoms with E-state index in [9.17, 15) is 14.4 Å². The third-order valence-corrected chi connectivity index (χ3v) is 10.9. The topological polar surface area (TPSA) is 78.9 Å². The second kappa shape index (κ2) is 59.1. The molecule has 0 heterocycles. The Morgan fingerprint density at radius 2 is 0.548 bits per heavy atom. The smallest absolute Gasteiger partial charge is 0.306 e. The molecule has 0 aliphatic carbocycles. The van der Waals surface area contributed by atoms with E-state index in [-0.39, 0.29) is 38.4 Å². The summed E-state index contributed by atoms with van der Waals surface area (Å²) < 4.78 is 16.6. The molecule has 0 unspecified atom stereocenters. The second-order valence-electron chi connectivity index (χ2n) is 17.7. The number of hydrogen-bond acceptors (Lipinski definition) is 6. The van der Waals surface area contributed by atoms with Gasteiger partial charge < -0.3 is 14.2 Å². The molecule has 0 aliphatic heterocycles. The van der Waals surface area contributed by atoms with Crippen LogP contribution >= 0.6 is 0 Å². The molecule has 0 amide bonds. The van der Waals surface area contributed by atoms with E-state index < -0.39 is 18.0 Å². The van der Waals surface area contributed by atoms with Gasteiger partial charge in [0.2, 0.25) is 0 Å². The minimum Gasteiger partial charge on any atom is -0.462 e. The number of carbonyl (C=O) groups excluding carboxylic acids is 3. The van der Waals surface area contributed by atoms with Gasteiger partial charge in [-0.25, -0.2) is 0 Å². The molecule has 0 aromatic heterocycles. The SMILES string of the molecule is CC/C=C\C/C=C\C/C=C\C/C=C\C/C=C\C/C=C\CCC(=O)OC[C@H](COC(=O)CCC/C=C\C/C=C\C/C=C\C/C=C\CCCCC)OC(=O)CC/C=C\C/C=C\C/C=C\C/C=C\C/C=C\CCCCC. The monoisotopic (exact) mass is 1000 g/mol. The van der Waals surface area contributed by atoms with Gasteiger partial charge in [0, 0.05) is 19.3 Å². The van der Waals surface area contributed by atoms with Crippen LogP contribution in [0, 0.1) is 0 Å². The summed E-state index contributed by atoms with van der Waals surface area (Å²) in [5.41, 5.74) is 0. The van der Waals surface area contributed by atoms with Gasteiger partial charge in [0.05, 0.1) is 0 Å². The molecule has 6 nitrogen and oxygen atoms in total. The van der Waals surface area contributed by atoms with E-state index >= 15 is 0 Å². The highest BCUT2D eigenvalue weighted by molar-refractivity contribution is 5.71. The minimum absolute atomic E-state index is 0.168. The summed E-state index contributed by atoms with van der Waals surface area (Å²) >= 11 is 0. The number of allylic oxidation sites excluding steroid dienone is 30. The van der Waals surface area contributed by atoms with Crippen molar-refractivity contribution >= 4 is 17.9 Å². The first-order valence-electron chi connectivity index (χ1n) is 28.3. The fourth-order valence-corrected chi connectivity index (χ4v) is 6.68. The zero-order chi connectivity index (χ0) is 52.9. The number of ether oxygens (including phenoxy) is 3. The molecule has 1 atom stereocenters. The van der Waals surface area contributed by atoms with Gasteiger partial charge >= 0.3 is 17.9 Å². The molecule has 0 aliphatic rings. The van der Waals surface area contributed by atoms with Gasteiger partial charge in [-0.3, -0.25) is 14.4 Å². The van der Waals surface area contributed by atoms with Crippen LogP contribution in [-0.4, -0.2) is 37.2 Å². The second-order valence-corrected chi connectivity index (χ2v) is 17.7. The molecule has 0 saturated heterocycles. The van der Waals surface area contributed by atoms with Crippen LogP contribution in [0.1, 0.15) is 201 Å². The molecule has 6 heteroatoms. The summed E-state index contributed by atoms with van der Waals surface area (Å²) in [6, 6.07) is 0. The van der Waals surface area contributed by atoms with E-state index in [1.54, 1.807) is 0 Å². The summed E-state index contributed by atoms with van der Waals surface area (Å²) in [5, 5.41) is 0. The van der Waals surface area contributed by atoms with E-state index in [0.29, 0.717) is 19.3 Å². The molecular formula is C67H100O6. The van der Waals surface area contributed by atoms with Crippen molar-refractivity contribution in [2.24, 2.45) is 0 Å². The fraction of sp³-hybridized carbons (Fsp3) is 0.507. The highest BCUT2D eigenvalue weighted by Gasteiger charge is 2.19. The van der Waals surface area contributed by atoms with Gasteiger partial charge in [0.15, 0.2) is 6.10 Å². The van der Waals surface area contributed by atoms with E-state index in [1.165, 1.54) is 51.4 Å². The molecule has 0 radical (unpaired) electrons. The summed E-state index contributed by atoms with van der Waals surface area (Å²) in [4.78, 5) is 38.1. The molecular weight excluding hydrogens is 901 g/mol. The molecule has 0 saturated carbocycles. The number of unbranched alkanes of at least 4 members (excludes halogenated alkanes) is 7. The molecule has 0 bridgehead atoms. The van der Waals surface area contributed by atoms with Crippen molar-refractivity contribution in [3.8, 4) is 0 Å². The van der Waals surface area contributed by atoms with Gasteiger partial charge in [0.1, 0.15) is 13.2 Å². The molecule has 0 aromatic rings. The van der Waals surface area contributed by atoms with Crippen molar-refractivity contribution in [2.75, 3.05) is 13.2 Å². The molecule has 73 heavy (non-hydrogen) atoms. The predicted molar refractivity (Wildman–Crippen MR) is 315 cm³/mol. The van der Waals surface area contributed by atoms with E-state index in [4.69, 9.17) is 14.2 Å². The van der Waals surface area contributed by atoms with Gasteiger partial charge in [-0.1, -0.05) is 229 Å². The first kappa shape index (κ1) is 67.5. The standard InChI is InChI=1S/C67H100O6/c1-4-7-10-13-16-19-22-25-28-31-33-36-39-42-45-48-51-54-57-60-66(69)72-63-64(62-71-65(68)59-56-53-50-47-44-41-38-35-30-27-24-21-18-15-12-9-6-3)73-67(70)61-58-55-52-49-46-43-40-37-34-32-29-26-23-20-17-14-11-8-5-2/h7,10,16-21,25-30,33-34,36-38,41-43,45-47,50-52,54-55,64H,4-6,8-9,11-15,22-24,31-32,35,39-40,44,48-49,53,56-63H2,1-3H3/b10-7-,19-16-,20-17-,21-18-,28-25-,29-26-,30-27-,36-33-,37-34-,41-38-,45-42-,46-43-,50-47-,54-51-,55-52-/t64-/m0/s1. The predicted octanol–water partition coefficient (Wildman–Crippen LogP) is 19.3. The Balaban J connectivity index is 4.74. The maximum Gasteiger partial charge on any atom is 0.306 e. The Kier molecular flexibility index (Phi) is 54.6. The average molecular weight is 1000 g/mol. The zero-order valence-electron chi connectivity index (χ0n) is 46.1. The van der Waals surface area contributed by atoms with Crippen molar-refractivity contribution < 1.29 is 28.6 Å². The van der Waals surface area contributed by atoms with Crippen molar-refractivity contribution in [3.05, 3.63) is 182 Å². The molecule has 0 N–H and O–H groups in total. The van der Waals surface area contributed by atoms with Gasteiger partial charge in [-0.05, 0) is 135 Å². The van der Waals surface area contributed by atoms with Crippen LogP contribution in [-0.2, 0) is 28.6 Å². The summed E-state index contributed by atoms with van der Waals surface area (Å²) in [6.45, 7) is 6.26. The molecule has 0 rings (SSSR count). The van der Waals surface area contributed by atoms with E-state index in [1.807, 2.05) is 24.3 Å². The largest absolute Gasteiger partial charge is 0.462 e. The number of carbonyl (C=O) groups is 3. The Morgan fingerprint density at radius 3 is 0.863 bits per heavy atom. The van der Waals surface area contributed by atoms with E-state index in [2.05, 4.69) is 179 Å². The lowest BCUT2D eigenvalue weighted by molar-refractivity contribution is -0.166. The van der Waals surface area contributed by atoms with Crippen LogP contribution in [0.2, 0.25) is 0 Å². The zero-order valence-corrected chi connectivity index (χ0v) is 46.1. The third-order valence-electron chi connectivity index (χ3n) is 10.9. The van der Waals surface area contributed by atoms with Crippen LogP contribution in [0.25, 0.3) is 0 Å². The Bertz CT molecular complexity index is 1770. The molecule has 0 spiro atoms. The van der Waals surface area contributed by atoms with Crippen molar-refractivity contribution in [1.82, 2.24) is 0 Å².